The zero-order valence-corrected chi connectivity index (χ0v) is 13.7. The number of carbonyl (C=O) groups excluding carboxylic acids is 1. The van der Waals surface area contributed by atoms with E-state index in [9.17, 15) is 4.79 Å². The molecule has 0 aliphatic rings. The van der Waals surface area contributed by atoms with Gasteiger partial charge >= 0.3 is 0 Å². The van der Waals surface area contributed by atoms with Gasteiger partial charge < -0.3 is 10.1 Å². The lowest BCUT2D eigenvalue weighted by Crippen LogP contribution is -2.21. The van der Waals surface area contributed by atoms with Crippen LogP contribution in [-0.2, 0) is 4.79 Å². The highest BCUT2D eigenvalue weighted by molar-refractivity contribution is 5.93. The number of nitrogens with one attached hydrogen (secondary N) is 1. The molecular formula is C19H15N5O2. The molecule has 2 heterocycles. The van der Waals surface area contributed by atoms with E-state index in [2.05, 4.69) is 20.4 Å². The first-order valence-electron chi connectivity index (χ1n) is 8.01. The van der Waals surface area contributed by atoms with E-state index in [1.54, 1.807) is 18.3 Å². The van der Waals surface area contributed by atoms with Gasteiger partial charge in [0.1, 0.15) is 18.4 Å². The summed E-state index contributed by atoms with van der Waals surface area (Å²) in [6.07, 6.45) is 4.55. The molecule has 1 amide bonds. The number of ether oxygens (including phenoxy) is 1. The van der Waals surface area contributed by atoms with E-state index in [1.165, 1.54) is 17.3 Å². The lowest BCUT2D eigenvalue weighted by Gasteiger charge is -2.11. The van der Waals surface area contributed by atoms with Crippen LogP contribution in [0.25, 0.3) is 16.6 Å². The molecule has 0 unspecified atom stereocenters. The summed E-state index contributed by atoms with van der Waals surface area (Å²) >= 11 is 0. The highest BCUT2D eigenvalue weighted by Gasteiger charge is 2.10. The van der Waals surface area contributed by atoms with Crippen molar-refractivity contribution in [2.24, 2.45) is 0 Å². The Hall–Kier alpha value is -3.74. The molecule has 0 radical (unpaired) electrons. The van der Waals surface area contributed by atoms with Crippen LogP contribution < -0.4 is 10.1 Å². The second-order valence-electron chi connectivity index (χ2n) is 5.56. The van der Waals surface area contributed by atoms with Crippen LogP contribution in [0.15, 0.2) is 73.4 Å². The zero-order chi connectivity index (χ0) is 17.8. The molecule has 0 saturated heterocycles. The summed E-state index contributed by atoms with van der Waals surface area (Å²) in [6.45, 7) is -0.107. The number of benzene rings is 2. The van der Waals surface area contributed by atoms with Crippen molar-refractivity contribution in [1.82, 2.24) is 19.7 Å². The van der Waals surface area contributed by atoms with Gasteiger partial charge in [-0.3, -0.25) is 4.79 Å². The van der Waals surface area contributed by atoms with Crippen LogP contribution in [0.3, 0.4) is 0 Å². The number of anilines is 1. The van der Waals surface area contributed by atoms with Crippen LogP contribution in [0.1, 0.15) is 0 Å². The first kappa shape index (κ1) is 15.8. The molecule has 4 aromatic rings. The largest absolute Gasteiger partial charge is 0.484 e. The molecule has 26 heavy (non-hydrogen) atoms. The van der Waals surface area contributed by atoms with Crippen LogP contribution in [0.4, 0.5) is 5.69 Å². The molecule has 128 valence electrons. The number of aromatic nitrogens is 4. The summed E-state index contributed by atoms with van der Waals surface area (Å²) in [7, 11) is 0. The average molecular weight is 345 g/mol. The third kappa shape index (κ3) is 3.36. The van der Waals surface area contributed by atoms with E-state index in [1.807, 2.05) is 42.5 Å². The molecule has 0 saturated carbocycles. The maximum absolute atomic E-state index is 12.3. The second kappa shape index (κ2) is 7.02. The van der Waals surface area contributed by atoms with Crippen molar-refractivity contribution in [3.05, 3.63) is 73.4 Å². The van der Waals surface area contributed by atoms with Gasteiger partial charge in [-0.2, -0.15) is 5.10 Å². The minimum absolute atomic E-state index is 0.107. The molecule has 0 fully saturated rings. The molecule has 7 nitrogen and oxygen atoms in total. The van der Waals surface area contributed by atoms with Crippen molar-refractivity contribution < 1.29 is 9.53 Å². The van der Waals surface area contributed by atoms with Gasteiger partial charge in [0.05, 0.1) is 5.69 Å². The van der Waals surface area contributed by atoms with E-state index in [-0.39, 0.29) is 12.5 Å². The highest BCUT2D eigenvalue weighted by atomic mass is 16.5. The predicted molar refractivity (Wildman–Crippen MR) is 97.2 cm³/mol. The Labute approximate surface area is 149 Å². The molecular weight excluding hydrogens is 330 g/mol. The Kier molecular flexibility index (Phi) is 4.26. The van der Waals surface area contributed by atoms with Gasteiger partial charge in [-0.05, 0) is 35.0 Å². The van der Waals surface area contributed by atoms with Crippen molar-refractivity contribution in [3.8, 4) is 11.6 Å². The van der Waals surface area contributed by atoms with Crippen LogP contribution in [0, 0.1) is 0 Å². The Balaban J connectivity index is 1.44. The van der Waals surface area contributed by atoms with Crippen molar-refractivity contribution >= 4 is 22.4 Å². The Morgan fingerprint density at radius 1 is 1.08 bits per heavy atom. The monoisotopic (exact) mass is 345 g/mol. The van der Waals surface area contributed by atoms with E-state index in [0.717, 1.165) is 10.8 Å². The third-order valence-electron chi connectivity index (χ3n) is 3.79. The maximum Gasteiger partial charge on any atom is 0.262 e. The summed E-state index contributed by atoms with van der Waals surface area (Å²) < 4.78 is 7.10. The smallest absolute Gasteiger partial charge is 0.262 e. The zero-order valence-electron chi connectivity index (χ0n) is 13.7. The quantitative estimate of drug-likeness (QED) is 0.601. The number of hydrogen-bond donors (Lipinski definition) is 1. The SMILES string of the molecule is O=C(COc1ccc2ccccc2c1)Nc1cccnc1-n1cncn1. The van der Waals surface area contributed by atoms with Crippen LogP contribution >= 0.6 is 0 Å². The lowest BCUT2D eigenvalue weighted by atomic mass is 10.1. The molecule has 2 aromatic carbocycles. The molecule has 4 rings (SSSR count). The average Bonchev–Trinajstić information content (AvgIpc) is 3.21. The summed E-state index contributed by atoms with van der Waals surface area (Å²) in [5, 5.41) is 9.01. The van der Waals surface area contributed by atoms with E-state index >= 15 is 0 Å². The first-order chi connectivity index (χ1) is 12.8. The molecule has 0 spiro atoms. The summed E-state index contributed by atoms with van der Waals surface area (Å²) in [5.74, 6) is 0.845. The molecule has 2 aromatic heterocycles. The van der Waals surface area contributed by atoms with Crippen molar-refractivity contribution in [1.29, 1.82) is 0 Å². The summed E-state index contributed by atoms with van der Waals surface area (Å²) in [4.78, 5) is 20.4. The second-order valence-corrected chi connectivity index (χ2v) is 5.56. The number of amides is 1. The number of pyridine rings is 1. The van der Waals surface area contributed by atoms with Crippen molar-refractivity contribution in [2.45, 2.75) is 0 Å². The van der Waals surface area contributed by atoms with Gasteiger partial charge in [-0.25, -0.2) is 14.6 Å². The maximum atomic E-state index is 12.3. The lowest BCUT2D eigenvalue weighted by molar-refractivity contribution is -0.118. The van der Waals surface area contributed by atoms with Crippen molar-refractivity contribution in [2.75, 3.05) is 11.9 Å². The fraction of sp³-hybridized carbons (Fsp3) is 0.0526. The molecule has 0 atom stereocenters. The van der Waals surface area contributed by atoms with Gasteiger partial charge in [-0.15, -0.1) is 0 Å². The van der Waals surface area contributed by atoms with Gasteiger partial charge in [0.15, 0.2) is 12.4 Å². The summed E-state index contributed by atoms with van der Waals surface area (Å²) in [5.41, 5.74) is 0.533. The van der Waals surface area contributed by atoms with E-state index < -0.39 is 0 Å². The molecule has 0 aliphatic carbocycles. The standard InChI is InChI=1S/C19H15N5O2/c25-18(11-26-16-8-7-14-4-1-2-5-15(14)10-16)23-17-6-3-9-21-19(17)24-13-20-12-22-24/h1-10,12-13H,11H2,(H,23,25). The molecule has 7 heteroatoms. The number of nitrogens with zero attached hydrogens (tertiary/aromatic N) is 4. The van der Waals surface area contributed by atoms with E-state index in [4.69, 9.17) is 4.74 Å². The number of hydrogen-bond acceptors (Lipinski definition) is 5. The van der Waals surface area contributed by atoms with Crippen LogP contribution in [0.5, 0.6) is 5.75 Å². The van der Waals surface area contributed by atoms with Crippen LogP contribution in [-0.4, -0.2) is 32.3 Å². The molecule has 1 N–H and O–H groups in total. The Morgan fingerprint density at radius 2 is 1.96 bits per heavy atom. The minimum atomic E-state index is -0.285. The van der Waals surface area contributed by atoms with Gasteiger partial charge in [-0.1, -0.05) is 30.3 Å². The van der Waals surface area contributed by atoms with Crippen LogP contribution in [0.2, 0.25) is 0 Å². The molecule has 0 aliphatic heterocycles. The fourth-order valence-corrected chi connectivity index (χ4v) is 2.59. The van der Waals surface area contributed by atoms with Gasteiger partial charge in [0.2, 0.25) is 0 Å². The van der Waals surface area contributed by atoms with E-state index in [0.29, 0.717) is 17.3 Å². The summed E-state index contributed by atoms with van der Waals surface area (Å²) in [6, 6.07) is 17.2. The Morgan fingerprint density at radius 3 is 2.81 bits per heavy atom. The number of rotatable bonds is 5. The first-order valence-corrected chi connectivity index (χ1v) is 8.01. The number of carbonyl (C=O) groups is 1. The van der Waals surface area contributed by atoms with Gasteiger partial charge in [0, 0.05) is 6.20 Å². The normalized spacial score (nSPS) is 10.6. The van der Waals surface area contributed by atoms with Crippen molar-refractivity contribution in [3.63, 3.8) is 0 Å². The minimum Gasteiger partial charge on any atom is -0.484 e. The third-order valence-corrected chi connectivity index (χ3v) is 3.79. The predicted octanol–water partition coefficient (Wildman–Crippen LogP) is 2.83. The number of fused-ring (bicyclic) bond motifs is 1. The highest BCUT2D eigenvalue weighted by Crippen LogP contribution is 2.21. The molecule has 0 bridgehead atoms. The Bertz CT molecular complexity index is 1050. The fourth-order valence-electron chi connectivity index (χ4n) is 2.59. The topological polar surface area (TPSA) is 81.9 Å². The van der Waals surface area contributed by atoms with Gasteiger partial charge in [0.25, 0.3) is 5.91 Å².